The van der Waals surface area contributed by atoms with Crippen molar-refractivity contribution in [1.82, 2.24) is 9.88 Å². The molecule has 0 radical (unpaired) electrons. The molecule has 1 amide bonds. The molecule has 1 saturated heterocycles. The van der Waals surface area contributed by atoms with E-state index in [1.807, 2.05) is 31.2 Å². The van der Waals surface area contributed by atoms with Crippen molar-refractivity contribution in [2.75, 3.05) is 20.3 Å². The SMILES string of the molecule is CCCC(C(=O)O)c1ccc(C2(NC(=O)c3cc4c(Cl)c(Cl)c(OC)cc4n3C)CCOC2)cc1. The third-order valence-electron chi connectivity index (χ3n) is 6.76. The lowest BCUT2D eigenvalue weighted by Crippen LogP contribution is -2.47. The van der Waals surface area contributed by atoms with Gasteiger partial charge in [-0.1, -0.05) is 60.8 Å². The second-order valence-electron chi connectivity index (χ2n) is 8.87. The highest BCUT2D eigenvalue weighted by Gasteiger charge is 2.39. The van der Waals surface area contributed by atoms with Gasteiger partial charge in [0.2, 0.25) is 0 Å². The standard InChI is InChI=1S/C26H28Cl2N2O5/c1-4-5-17(25(32)33)15-6-8-16(9-7-15)26(10-11-35-14-26)29-24(31)20-12-18-19(30(20)2)13-21(34-3)23(28)22(18)27/h6-9,12-13,17H,4-5,10-11,14H2,1-3H3,(H,29,31)(H,32,33). The number of carbonyl (C=O) groups is 2. The van der Waals surface area contributed by atoms with Gasteiger partial charge < -0.3 is 24.5 Å². The van der Waals surface area contributed by atoms with E-state index in [1.54, 1.807) is 23.7 Å². The molecule has 3 aromatic rings. The smallest absolute Gasteiger partial charge is 0.310 e. The van der Waals surface area contributed by atoms with Crippen molar-refractivity contribution in [3.8, 4) is 5.75 Å². The largest absolute Gasteiger partial charge is 0.495 e. The number of hydrogen-bond acceptors (Lipinski definition) is 4. The number of aliphatic carboxylic acids is 1. The van der Waals surface area contributed by atoms with Crippen molar-refractivity contribution in [3.05, 3.63) is 63.3 Å². The van der Waals surface area contributed by atoms with Crippen LogP contribution in [0.4, 0.5) is 0 Å². The zero-order valence-electron chi connectivity index (χ0n) is 19.9. The van der Waals surface area contributed by atoms with Gasteiger partial charge in [0.1, 0.15) is 16.5 Å². The molecule has 0 saturated carbocycles. The first kappa shape index (κ1) is 25.4. The minimum absolute atomic E-state index is 0.279. The van der Waals surface area contributed by atoms with Gasteiger partial charge in [0.15, 0.2) is 0 Å². The number of halogens is 2. The highest BCUT2D eigenvalue weighted by molar-refractivity contribution is 6.46. The molecule has 7 nitrogen and oxygen atoms in total. The minimum Gasteiger partial charge on any atom is -0.495 e. The minimum atomic E-state index is -0.835. The van der Waals surface area contributed by atoms with Crippen LogP contribution in [0, 0.1) is 0 Å². The Bertz CT molecular complexity index is 1260. The van der Waals surface area contributed by atoms with Crippen molar-refractivity contribution in [2.45, 2.75) is 37.6 Å². The maximum atomic E-state index is 13.5. The predicted octanol–water partition coefficient (Wildman–Crippen LogP) is 5.51. The number of carboxylic acids is 1. The monoisotopic (exact) mass is 518 g/mol. The van der Waals surface area contributed by atoms with E-state index in [-0.39, 0.29) is 5.91 Å². The number of nitrogens with one attached hydrogen (secondary N) is 1. The van der Waals surface area contributed by atoms with Crippen LogP contribution in [0.15, 0.2) is 36.4 Å². The quantitative estimate of drug-likeness (QED) is 0.410. The van der Waals surface area contributed by atoms with Crippen LogP contribution in [0.5, 0.6) is 5.75 Å². The zero-order chi connectivity index (χ0) is 25.3. The number of benzene rings is 2. The maximum absolute atomic E-state index is 13.5. The second kappa shape index (κ2) is 10.1. The Hall–Kier alpha value is -2.74. The van der Waals surface area contributed by atoms with Crippen LogP contribution in [0.25, 0.3) is 10.9 Å². The van der Waals surface area contributed by atoms with Crippen molar-refractivity contribution in [1.29, 1.82) is 0 Å². The number of carboxylic acid groups (broad SMARTS) is 1. The van der Waals surface area contributed by atoms with E-state index < -0.39 is 17.4 Å². The van der Waals surface area contributed by atoms with Gasteiger partial charge in [-0.2, -0.15) is 0 Å². The van der Waals surface area contributed by atoms with E-state index in [0.29, 0.717) is 52.9 Å². The van der Waals surface area contributed by atoms with Crippen LogP contribution < -0.4 is 10.1 Å². The summed E-state index contributed by atoms with van der Waals surface area (Å²) in [6.07, 6.45) is 1.94. The molecule has 35 heavy (non-hydrogen) atoms. The number of ether oxygens (including phenoxy) is 2. The van der Waals surface area contributed by atoms with Crippen LogP contribution in [0.1, 0.15) is 53.7 Å². The Morgan fingerprint density at radius 2 is 1.94 bits per heavy atom. The summed E-state index contributed by atoms with van der Waals surface area (Å²) in [5.74, 6) is -1.23. The van der Waals surface area contributed by atoms with Crippen LogP contribution in [0.3, 0.4) is 0 Å². The summed E-state index contributed by atoms with van der Waals surface area (Å²) < 4.78 is 12.8. The summed E-state index contributed by atoms with van der Waals surface area (Å²) in [6.45, 7) is 2.79. The average Bonchev–Trinajstić information content (AvgIpc) is 3.45. The van der Waals surface area contributed by atoms with Gasteiger partial charge in [-0.3, -0.25) is 9.59 Å². The first-order chi connectivity index (χ1) is 16.7. The molecule has 186 valence electrons. The summed E-state index contributed by atoms with van der Waals surface area (Å²) in [4.78, 5) is 25.2. The van der Waals surface area contributed by atoms with Crippen molar-refractivity contribution >= 4 is 46.0 Å². The molecule has 0 aliphatic carbocycles. The fourth-order valence-electron chi connectivity index (χ4n) is 4.75. The normalized spacial score (nSPS) is 18.5. The molecular formula is C26H28Cl2N2O5. The molecule has 2 atom stereocenters. The molecule has 0 spiro atoms. The summed E-state index contributed by atoms with van der Waals surface area (Å²) in [6, 6.07) is 10.9. The number of nitrogens with zero attached hydrogens (tertiary/aromatic N) is 1. The predicted molar refractivity (Wildman–Crippen MR) is 136 cm³/mol. The van der Waals surface area contributed by atoms with Gasteiger partial charge >= 0.3 is 5.97 Å². The Morgan fingerprint density at radius 1 is 1.23 bits per heavy atom. The number of rotatable bonds is 8. The Labute approximate surface area is 213 Å². The Morgan fingerprint density at radius 3 is 2.51 bits per heavy atom. The fourth-order valence-corrected chi connectivity index (χ4v) is 5.23. The first-order valence-corrected chi connectivity index (χ1v) is 12.2. The molecule has 2 heterocycles. The van der Waals surface area contributed by atoms with E-state index >= 15 is 0 Å². The van der Waals surface area contributed by atoms with Gasteiger partial charge in [0.05, 0.1) is 35.7 Å². The Kier molecular flexibility index (Phi) is 7.31. The highest BCUT2D eigenvalue weighted by Crippen LogP contribution is 2.40. The van der Waals surface area contributed by atoms with Crippen LogP contribution >= 0.6 is 23.2 Å². The van der Waals surface area contributed by atoms with Gasteiger partial charge in [0, 0.05) is 31.5 Å². The van der Waals surface area contributed by atoms with E-state index in [9.17, 15) is 14.7 Å². The maximum Gasteiger partial charge on any atom is 0.310 e. The van der Waals surface area contributed by atoms with Crippen LogP contribution in [0.2, 0.25) is 10.0 Å². The van der Waals surface area contributed by atoms with Gasteiger partial charge in [-0.05, 0) is 23.6 Å². The lowest BCUT2D eigenvalue weighted by atomic mass is 9.86. The molecule has 2 N–H and O–H groups in total. The molecule has 1 aliphatic heterocycles. The van der Waals surface area contributed by atoms with E-state index in [1.165, 1.54) is 7.11 Å². The number of amides is 1. The third-order valence-corrected chi connectivity index (χ3v) is 7.63. The molecule has 1 fully saturated rings. The van der Waals surface area contributed by atoms with Crippen molar-refractivity contribution in [3.63, 3.8) is 0 Å². The van der Waals surface area contributed by atoms with E-state index in [4.69, 9.17) is 32.7 Å². The molecule has 1 aliphatic rings. The number of aromatic nitrogens is 1. The van der Waals surface area contributed by atoms with Gasteiger partial charge in [0.25, 0.3) is 5.91 Å². The summed E-state index contributed by atoms with van der Waals surface area (Å²) in [5, 5.41) is 14.0. The van der Waals surface area contributed by atoms with Gasteiger partial charge in [-0.15, -0.1) is 0 Å². The molecule has 0 bridgehead atoms. The molecule has 4 rings (SSSR count). The van der Waals surface area contributed by atoms with Crippen LogP contribution in [-0.2, 0) is 22.1 Å². The molecule has 2 aromatic carbocycles. The topological polar surface area (TPSA) is 89.8 Å². The number of carbonyl (C=O) groups excluding carboxylic acids is 1. The zero-order valence-corrected chi connectivity index (χ0v) is 21.4. The van der Waals surface area contributed by atoms with E-state index in [0.717, 1.165) is 23.1 Å². The van der Waals surface area contributed by atoms with E-state index in [2.05, 4.69) is 5.32 Å². The van der Waals surface area contributed by atoms with Crippen molar-refractivity contribution < 1.29 is 24.2 Å². The molecule has 9 heteroatoms. The molecule has 2 unspecified atom stereocenters. The molecule has 1 aromatic heterocycles. The Balaban J connectivity index is 1.67. The molecular weight excluding hydrogens is 491 g/mol. The first-order valence-electron chi connectivity index (χ1n) is 11.5. The van der Waals surface area contributed by atoms with Gasteiger partial charge in [-0.25, -0.2) is 0 Å². The van der Waals surface area contributed by atoms with Crippen LogP contribution in [-0.4, -0.2) is 41.9 Å². The number of aryl methyl sites for hydroxylation is 1. The summed E-state index contributed by atoms with van der Waals surface area (Å²) in [7, 11) is 3.29. The van der Waals surface area contributed by atoms with Crippen molar-refractivity contribution in [2.24, 2.45) is 7.05 Å². The fraction of sp³-hybridized carbons (Fsp3) is 0.385. The third kappa shape index (κ3) is 4.60. The summed E-state index contributed by atoms with van der Waals surface area (Å²) in [5.41, 5.74) is 2.03. The number of hydrogen-bond donors (Lipinski definition) is 2. The summed E-state index contributed by atoms with van der Waals surface area (Å²) >= 11 is 12.8. The second-order valence-corrected chi connectivity index (χ2v) is 9.62. The lowest BCUT2D eigenvalue weighted by molar-refractivity contribution is -0.139. The number of fused-ring (bicyclic) bond motifs is 1. The highest BCUT2D eigenvalue weighted by atomic mass is 35.5. The lowest BCUT2D eigenvalue weighted by Gasteiger charge is -2.30. The average molecular weight is 519 g/mol. The number of methoxy groups -OCH3 is 1.